The summed E-state index contributed by atoms with van der Waals surface area (Å²) in [6.07, 6.45) is 1.88. The van der Waals surface area contributed by atoms with Gasteiger partial charge in [-0.05, 0) is 18.4 Å². The minimum absolute atomic E-state index is 0.207. The zero-order valence-corrected chi connectivity index (χ0v) is 12.4. The lowest BCUT2D eigenvalue weighted by molar-refractivity contribution is -0.141. The third-order valence-corrected chi connectivity index (χ3v) is 2.92. The summed E-state index contributed by atoms with van der Waals surface area (Å²) in [6.45, 7) is 3.98. The molecule has 1 aromatic heterocycles. The maximum absolute atomic E-state index is 11.7. The molecule has 1 rings (SSSR count). The Bertz CT molecular complexity index is 506. The van der Waals surface area contributed by atoms with Crippen LogP contribution in [-0.2, 0) is 9.53 Å². The van der Waals surface area contributed by atoms with Gasteiger partial charge >= 0.3 is 5.97 Å². The molecule has 1 amide bonds. The van der Waals surface area contributed by atoms with Crippen LogP contribution in [0, 0.1) is 5.92 Å². The monoisotopic (exact) mass is 299 g/mol. The average Bonchev–Trinajstić information content (AvgIpc) is 2.38. The van der Waals surface area contributed by atoms with Gasteiger partial charge in [0.15, 0.2) is 0 Å². The van der Waals surface area contributed by atoms with Gasteiger partial charge in [-0.1, -0.05) is 25.4 Å². The normalized spacial score (nSPS) is 12.1. The molecule has 3 N–H and O–H groups in total. The molecule has 110 valence electrons. The lowest BCUT2D eigenvalue weighted by atomic mass is 10.0. The predicted octanol–water partition coefficient (Wildman–Crippen LogP) is 1.83. The van der Waals surface area contributed by atoms with E-state index in [1.807, 2.05) is 13.8 Å². The molecule has 0 saturated heterocycles. The van der Waals surface area contributed by atoms with Gasteiger partial charge in [-0.3, -0.25) is 4.79 Å². The highest BCUT2D eigenvalue weighted by molar-refractivity contribution is 6.33. The molecule has 0 bridgehead atoms. The number of carbonyl (C=O) groups excluding carboxylic acids is 2. The van der Waals surface area contributed by atoms with Crippen LogP contribution in [-0.4, -0.2) is 30.0 Å². The van der Waals surface area contributed by atoms with Crippen molar-refractivity contribution in [1.29, 1.82) is 0 Å². The van der Waals surface area contributed by atoms with Crippen LogP contribution in [0.4, 0.5) is 5.82 Å². The first-order chi connectivity index (χ1) is 9.35. The molecule has 1 aromatic rings. The fourth-order valence-electron chi connectivity index (χ4n) is 1.67. The largest absolute Gasteiger partial charge is 0.467 e. The van der Waals surface area contributed by atoms with E-state index in [-0.39, 0.29) is 16.5 Å². The number of carbonyl (C=O) groups is 2. The topological polar surface area (TPSA) is 94.3 Å². The first-order valence-corrected chi connectivity index (χ1v) is 6.52. The SMILES string of the molecule is COC(=O)C(CC(C)C)Nc1ncc(C(N)=O)cc1Cl. The fourth-order valence-corrected chi connectivity index (χ4v) is 1.89. The number of nitrogens with one attached hydrogen (secondary N) is 1. The van der Waals surface area contributed by atoms with Gasteiger partial charge in [0, 0.05) is 6.20 Å². The van der Waals surface area contributed by atoms with Crippen molar-refractivity contribution in [3.63, 3.8) is 0 Å². The molecule has 20 heavy (non-hydrogen) atoms. The summed E-state index contributed by atoms with van der Waals surface area (Å²) in [6, 6.07) is 0.854. The zero-order chi connectivity index (χ0) is 15.3. The van der Waals surface area contributed by atoms with E-state index in [1.54, 1.807) is 0 Å². The molecule has 0 radical (unpaired) electrons. The maximum atomic E-state index is 11.7. The molecule has 0 aromatic carbocycles. The second-order valence-electron chi connectivity index (χ2n) is 4.77. The van der Waals surface area contributed by atoms with Crippen LogP contribution in [0.2, 0.25) is 5.02 Å². The summed E-state index contributed by atoms with van der Waals surface area (Å²) in [5.41, 5.74) is 5.34. The van der Waals surface area contributed by atoms with Crippen LogP contribution >= 0.6 is 11.6 Å². The molecule has 0 aliphatic heterocycles. The highest BCUT2D eigenvalue weighted by atomic mass is 35.5. The van der Waals surface area contributed by atoms with Gasteiger partial charge in [-0.15, -0.1) is 0 Å². The molecule has 0 saturated carbocycles. The maximum Gasteiger partial charge on any atom is 0.328 e. The molecular formula is C13H18ClN3O3. The fraction of sp³-hybridized carbons (Fsp3) is 0.462. The summed E-state index contributed by atoms with van der Waals surface area (Å²) in [7, 11) is 1.32. The lowest BCUT2D eigenvalue weighted by Gasteiger charge is -2.19. The molecular weight excluding hydrogens is 282 g/mol. The molecule has 1 atom stereocenters. The smallest absolute Gasteiger partial charge is 0.328 e. The van der Waals surface area contributed by atoms with E-state index in [4.69, 9.17) is 22.1 Å². The minimum atomic E-state index is -0.613. The van der Waals surface area contributed by atoms with Gasteiger partial charge in [0.05, 0.1) is 17.7 Å². The number of nitrogens with two attached hydrogens (primary N) is 1. The summed E-state index contributed by atoms with van der Waals surface area (Å²) < 4.78 is 4.74. The number of anilines is 1. The first kappa shape index (κ1) is 16.2. The van der Waals surface area contributed by atoms with E-state index in [1.165, 1.54) is 19.4 Å². The number of hydrogen-bond acceptors (Lipinski definition) is 5. The number of methoxy groups -OCH3 is 1. The van der Waals surface area contributed by atoms with Crippen molar-refractivity contribution in [2.45, 2.75) is 26.3 Å². The van der Waals surface area contributed by atoms with E-state index in [9.17, 15) is 9.59 Å². The molecule has 6 nitrogen and oxygen atoms in total. The van der Waals surface area contributed by atoms with E-state index in [2.05, 4.69) is 10.3 Å². The molecule has 0 aliphatic rings. The van der Waals surface area contributed by atoms with Crippen molar-refractivity contribution in [2.75, 3.05) is 12.4 Å². The number of ether oxygens (including phenoxy) is 1. The standard InChI is InChI=1S/C13H18ClN3O3/c1-7(2)4-10(13(19)20-3)17-12-9(14)5-8(6-16-12)11(15)18/h5-7,10H,4H2,1-3H3,(H2,15,18)(H,16,17). The van der Waals surface area contributed by atoms with Gasteiger partial charge in [-0.25, -0.2) is 9.78 Å². The van der Waals surface area contributed by atoms with Crippen LogP contribution < -0.4 is 11.1 Å². The summed E-state index contributed by atoms with van der Waals surface area (Å²) >= 11 is 6.02. The van der Waals surface area contributed by atoms with Crippen LogP contribution in [0.25, 0.3) is 0 Å². The number of nitrogens with zero attached hydrogens (tertiary/aromatic N) is 1. The van der Waals surface area contributed by atoms with Crippen LogP contribution in [0.3, 0.4) is 0 Å². The number of esters is 1. The number of rotatable bonds is 6. The minimum Gasteiger partial charge on any atom is -0.467 e. The molecule has 0 fully saturated rings. The second kappa shape index (κ2) is 7.09. The first-order valence-electron chi connectivity index (χ1n) is 6.14. The Balaban J connectivity index is 2.93. The summed E-state index contributed by atoms with van der Waals surface area (Å²) in [4.78, 5) is 26.7. The Morgan fingerprint density at radius 2 is 2.15 bits per heavy atom. The highest BCUT2D eigenvalue weighted by Crippen LogP contribution is 2.22. The van der Waals surface area contributed by atoms with Crippen LogP contribution in [0.1, 0.15) is 30.6 Å². The van der Waals surface area contributed by atoms with Crippen molar-refractivity contribution in [1.82, 2.24) is 4.98 Å². The van der Waals surface area contributed by atoms with Crippen LogP contribution in [0.15, 0.2) is 12.3 Å². The third kappa shape index (κ3) is 4.38. The van der Waals surface area contributed by atoms with Gasteiger partial charge in [0.1, 0.15) is 11.9 Å². The third-order valence-electron chi connectivity index (χ3n) is 2.63. The number of halogens is 1. The molecule has 0 aliphatic carbocycles. The van der Waals surface area contributed by atoms with Crippen molar-refractivity contribution in [2.24, 2.45) is 11.7 Å². The number of aromatic nitrogens is 1. The average molecular weight is 300 g/mol. The quantitative estimate of drug-likeness (QED) is 0.782. The van der Waals surface area contributed by atoms with Gasteiger partial charge in [0.2, 0.25) is 5.91 Å². The van der Waals surface area contributed by atoms with E-state index < -0.39 is 17.9 Å². The van der Waals surface area contributed by atoms with Gasteiger partial charge in [0.25, 0.3) is 0 Å². The number of hydrogen-bond donors (Lipinski definition) is 2. The predicted molar refractivity (Wildman–Crippen MR) is 76.6 cm³/mol. The van der Waals surface area contributed by atoms with Crippen LogP contribution in [0.5, 0.6) is 0 Å². The zero-order valence-electron chi connectivity index (χ0n) is 11.6. The Hall–Kier alpha value is -1.82. The molecule has 0 spiro atoms. The molecule has 1 heterocycles. The molecule has 1 unspecified atom stereocenters. The van der Waals surface area contributed by atoms with Gasteiger partial charge in [-0.2, -0.15) is 0 Å². The van der Waals surface area contributed by atoms with Crippen molar-refractivity contribution >= 4 is 29.3 Å². The highest BCUT2D eigenvalue weighted by Gasteiger charge is 2.22. The van der Waals surface area contributed by atoms with Crippen molar-refractivity contribution in [3.05, 3.63) is 22.8 Å². The second-order valence-corrected chi connectivity index (χ2v) is 5.18. The summed E-state index contributed by atoms with van der Waals surface area (Å²) in [5.74, 6) is -0.406. The van der Waals surface area contributed by atoms with E-state index in [0.29, 0.717) is 12.2 Å². The van der Waals surface area contributed by atoms with E-state index >= 15 is 0 Å². The number of pyridine rings is 1. The number of amides is 1. The Kier molecular flexibility index (Phi) is 5.76. The summed E-state index contributed by atoms with van der Waals surface area (Å²) in [5, 5.41) is 3.15. The lowest BCUT2D eigenvalue weighted by Crippen LogP contribution is -2.32. The van der Waals surface area contributed by atoms with E-state index in [0.717, 1.165) is 0 Å². The van der Waals surface area contributed by atoms with Gasteiger partial charge < -0.3 is 15.8 Å². The Labute approximate surface area is 122 Å². The Morgan fingerprint density at radius 1 is 1.50 bits per heavy atom. The van der Waals surface area contributed by atoms with Crippen molar-refractivity contribution < 1.29 is 14.3 Å². The Morgan fingerprint density at radius 3 is 2.60 bits per heavy atom. The molecule has 7 heteroatoms. The number of primary amides is 1. The van der Waals surface area contributed by atoms with Crippen molar-refractivity contribution in [3.8, 4) is 0 Å².